The van der Waals surface area contributed by atoms with Crippen LogP contribution in [0.15, 0.2) is 12.1 Å². The van der Waals surface area contributed by atoms with Crippen molar-refractivity contribution in [3.8, 4) is 5.75 Å². The highest BCUT2D eigenvalue weighted by atomic mass is 35.5. The van der Waals surface area contributed by atoms with E-state index in [1.165, 1.54) is 6.07 Å². The lowest BCUT2D eigenvalue weighted by Gasteiger charge is -2.28. The van der Waals surface area contributed by atoms with Crippen molar-refractivity contribution in [1.29, 1.82) is 0 Å². The molecule has 0 atom stereocenters. The Balaban J connectivity index is 0.00000162. The molecule has 3 nitrogen and oxygen atoms in total. The van der Waals surface area contributed by atoms with Gasteiger partial charge in [-0.15, -0.1) is 24.8 Å². The third-order valence-corrected chi connectivity index (χ3v) is 2.65. The van der Waals surface area contributed by atoms with Crippen LogP contribution in [0.3, 0.4) is 0 Å². The number of ether oxygens (including phenoxy) is 1. The molecule has 0 saturated carbocycles. The minimum atomic E-state index is -0.892. The Morgan fingerprint density at radius 2 is 1.84 bits per heavy atom. The Morgan fingerprint density at radius 1 is 1.21 bits per heavy atom. The molecule has 1 aromatic rings. The summed E-state index contributed by atoms with van der Waals surface area (Å²) < 4.78 is 32.7. The fourth-order valence-electron chi connectivity index (χ4n) is 1.65. The van der Waals surface area contributed by atoms with Gasteiger partial charge in [0.15, 0.2) is 11.6 Å². The Morgan fingerprint density at radius 3 is 2.32 bits per heavy atom. The Labute approximate surface area is 124 Å². The van der Waals surface area contributed by atoms with Crippen LogP contribution in [0.2, 0.25) is 0 Å². The second-order valence-electron chi connectivity index (χ2n) is 4.49. The van der Waals surface area contributed by atoms with Crippen molar-refractivity contribution in [1.82, 2.24) is 10.2 Å². The average molecular weight is 315 g/mol. The third kappa shape index (κ3) is 4.45. The highest BCUT2D eigenvalue weighted by Crippen LogP contribution is 2.24. The van der Waals surface area contributed by atoms with Crippen LogP contribution in [-0.2, 0) is 6.54 Å². The molecule has 0 aromatic heterocycles. The van der Waals surface area contributed by atoms with E-state index in [2.05, 4.69) is 5.32 Å². The Bertz CT molecular complexity index is 415. The smallest absolute Gasteiger partial charge is 0.200 e. The summed E-state index contributed by atoms with van der Waals surface area (Å²) in [4.78, 5) is 1.79. The number of nitrogens with one attached hydrogen (secondary N) is 1. The van der Waals surface area contributed by atoms with Gasteiger partial charge in [0, 0.05) is 25.2 Å². The number of halogens is 4. The summed E-state index contributed by atoms with van der Waals surface area (Å²) in [5, 5.41) is 3.01. The summed E-state index contributed by atoms with van der Waals surface area (Å²) in [6.45, 7) is 1.73. The molecule has 1 heterocycles. The highest BCUT2D eigenvalue weighted by molar-refractivity contribution is 5.85. The van der Waals surface area contributed by atoms with E-state index in [0.717, 1.165) is 0 Å². The molecule has 7 heteroatoms. The van der Waals surface area contributed by atoms with Crippen LogP contribution in [-0.4, -0.2) is 38.2 Å². The molecule has 0 aliphatic carbocycles. The monoisotopic (exact) mass is 314 g/mol. The zero-order chi connectivity index (χ0) is 12.4. The molecule has 1 saturated heterocycles. The number of hydrogen-bond acceptors (Lipinski definition) is 3. The maximum atomic E-state index is 13.7. The maximum absolute atomic E-state index is 13.7. The zero-order valence-electron chi connectivity index (χ0n) is 10.8. The normalized spacial score (nSPS) is 14.4. The number of nitrogens with zero attached hydrogens (tertiary/aromatic N) is 1. The van der Waals surface area contributed by atoms with E-state index in [4.69, 9.17) is 4.74 Å². The van der Waals surface area contributed by atoms with E-state index in [-0.39, 0.29) is 36.7 Å². The molecule has 110 valence electrons. The van der Waals surface area contributed by atoms with Crippen LogP contribution in [0.25, 0.3) is 0 Å². The lowest BCUT2D eigenvalue weighted by molar-refractivity contribution is 0.135. The molecule has 0 radical (unpaired) electrons. The van der Waals surface area contributed by atoms with Crippen molar-refractivity contribution in [3.63, 3.8) is 0 Å². The molecule has 1 N–H and O–H groups in total. The SMILES string of the molecule is CN(C)Cc1ccc(OC2CNC2)c(F)c1F.Cl.Cl. The lowest BCUT2D eigenvalue weighted by atomic mass is 10.1. The van der Waals surface area contributed by atoms with Crippen molar-refractivity contribution < 1.29 is 13.5 Å². The molecule has 2 rings (SSSR count). The Hall–Kier alpha value is -0.620. The summed E-state index contributed by atoms with van der Waals surface area (Å²) in [6.07, 6.45) is -0.0522. The van der Waals surface area contributed by atoms with Crippen LogP contribution in [0.1, 0.15) is 5.56 Å². The van der Waals surface area contributed by atoms with Gasteiger partial charge in [0.05, 0.1) is 0 Å². The van der Waals surface area contributed by atoms with E-state index in [9.17, 15) is 8.78 Å². The first-order chi connectivity index (χ1) is 8.08. The molecule has 1 fully saturated rings. The fraction of sp³-hybridized carbons (Fsp3) is 0.500. The van der Waals surface area contributed by atoms with Crippen molar-refractivity contribution in [2.45, 2.75) is 12.6 Å². The largest absolute Gasteiger partial charge is 0.485 e. The second-order valence-corrected chi connectivity index (χ2v) is 4.49. The second kappa shape index (κ2) is 7.85. The topological polar surface area (TPSA) is 24.5 Å². The van der Waals surface area contributed by atoms with Crippen molar-refractivity contribution in [3.05, 3.63) is 29.3 Å². The first-order valence-electron chi connectivity index (χ1n) is 5.57. The van der Waals surface area contributed by atoms with Gasteiger partial charge in [-0.1, -0.05) is 6.07 Å². The molecule has 19 heavy (non-hydrogen) atoms. The maximum Gasteiger partial charge on any atom is 0.200 e. The van der Waals surface area contributed by atoms with Gasteiger partial charge in [-0.2, -0.15) is 4.39 Å². The van der Waals surface area contributed by atoms with E-state index in [1.807, 2.05) is 14.1 Å². The molecule has 0 unspecified atom stereocenters. The van der Waals surface area contributed by atoms with Crippen LogP contribution >= 0.6 is 24.8 Å². The van der Waals surface area contributed by atoms with Crippen LogP contribution in [0.5, 0.6) is 5.75 Å². The van der Waals surface area contributed by atoms with Crippen molar-refractivity contribution in [2.24, 2.45) is 0 Å². The van der Waals surface area contributed by atoms with Crippen molar-refractivity contribution in [2.75, 3.05) is 27.2 Å². The predicted octanol–water partition coefficient (Wildman–Crippen LogP) is 2.22. The standard InChI is InChI=1S/C12H16F2N2O.2ClH/c1-16(2)7-8-3-4-10(12(14)11(8)13)17-9-5-15-6-9;;/h3-4,9,15H,5-7H2,1-2H3;2*1H. The third-order valence-electron chi connectivity index (χ3n) is 2.65. The molecule has 0 amide bonds. The van der Waals surface area contributed by atoms with E-state index in [0.29, 0.717) is 25.2 Å². The molecule has 1 aromatic carbocycles. The molecular weight excluding hydrogens is 297 g/mol. The molecular formula is C12H18Cl2F2N2O. The molecule has 1 aliphatic rings. The van der Waals surface area contributed by atoms with Gasteiger partial charge in [0.1, 0.15) is 6.10 Å². The van der Waals surface area contributed by atoms with Crippen LogP contribution in [0.4, 0.5) is 8.78 Å². The predicted molar refractivity (Wildman–Crippen MR) is 75.5 cm³/mol. The lowest BCUT2D eigenvalue weighted by Crippen LogP contribution is -2.50. The molecule has 0 bridgehead atoms. The van der Waals surface area contributed by atoms with Crippen LogP contribution in [0, 0.1) is 11.6 Å². The van der Waals surface area contributed by atoms with E-state index in [1.54, 1.807) is 11.0 Å². The van der Waals surface area contributed by atoms with Gasteiger partial charge in [0.2, 0.25) is 5.82 Å². The summed E-state index contributed by atoms with van der Waals surface area (Å²) in [7, 11) is 3.61. The first-order valence-corrected chi connectivity index (χ1v) is 5.57. The van der Waals surface area contributed by atoms with Crippen molar-refractivity contribution >= 4 is 24.8 Å². The van der Waals surface area contributed by atoms with Gasteiger partial charge in [-0.05, 0) is 20.2 Å². The fourth-order valence-corrected chi connectivity index (χ4v) is 1.65. The summed E-state index contributed by atoms with van der Waals surface area (Å²) >= 11 is 0. The van der Waals surface area contributed by atoms with Gasteiger partial charge < -0.3 is 15.0 Å². The quantitative estimate of drug-likeness (QED) is 0.922. The minimum Gasteiger partial charge on any atom is -0.485 e. The summed E-state index contributed by atoms with van der Waals surface area (Å²) in [6, 6.07) is 3.06. The van der Waals surface area contributed by atoms with Gasteiger partial charge in [0.25, 0.3) is 0 Å². The van der Waals surface area contributed by atoms with E-state index < -0.39 is 11.6 Å². The molecule has 1 aliphatic heterocycles. The molecule has 0 spiro atoms. The average Bonchev–Trinajstić information content (AvgIpc) is 2.21. The summed E-state index contributed by atoms with van der Waals surface area (Å²) in [5.41, 5.74) is 0.339. The number of benzene rings is 1. The Kier molecular flexibility index (Phi) is 7.59. The van der Waals surface area contributed by atoms with E-state index >= 15 is 0 Å². The van der Waals surface area contributed by atoms with Gasteiger partial charge in [-0.25, -0.2) is 4.39 Å². The first kappa shape index (κ1) is 18.4. The van der Waals surface area contributed by atoms with Crippen LogP contribution < -0.4 is 10.1 Å². The minimum absolute atomic E-state index is 0. The zero-order valence-corrected chi connectivity index (χ0v) is 12.4. The van der Waals surface area contributed by atoms with Gasteiger partial charge in [-0.3, -0.25) is 0 Å². The van der Waals surface area contributed by atoms with Gasteiger partial charge >= 0.3 is 0 Å². The number of hydrogen-bond donors (Lipinski definition) is 1. The number of rotatable bonds is 4. The summed E-state index contributed by atoms with van der Waals surface area (Å²) in [5.74, 6) is -1.71. The highest BCUT2D eigenvalue weighted by Gasteiger charge is 2.22.